The number of carbonyl (C=O) groups excluding carboxylic acids is 2. The number of benzene rings is 2. The lowest BCUT2D eigenvalue weighted by Gasteiger charge is -2.25. The zero-order valence-corrected chi connectivity index (χ0v) is 19.9. The van der Waals surface area contributed by atoms with Gasteiger partial charge in [-0.15, -0.1) is 11.3 Å². The molecule has 2 heterocycles. The molecule has 2 aromatic carbocycles. The minimum atomic E-state index is -0.803. The number of aromatic amines is 1. The minimum absolute atomic E-state index is 0.0190. The molecule has 2 aromatic heterocycles. The number of aromatic nitrogens is 1. The van der Waals surface area contributed by atoms with Crippen molar-refractivity contribution < 1.29 is 14.0 Å². The van der Waals surface area contributed by atoms with Gasteiger partial charge in [0.05, 0.1) is 6.04 Å². The van der Waals surface area contributed by atoms with E-state index in [1.807, 2.05) is 62.1 Å². The summed E-state index contributed by atoms with van der Waals surface area (Å²) >= 11 is 1.64. The molecule has 2 atom stereocenters. The molecule has 0 saturated heterocycles. The van der Waals surface area contributed by atoms with Crippen molar-refractivity contribution in [3.63, 3.8) is 0 Å². The Hall–Kier alpha value is -3.49. The van der Waals surface area contributed by atoms with Crippen LogP contribution < -0.4 is 10.6 Å². The predicted molar refractivity (Wildman–Crippen MR) is 133 cm³/mol. The highest BCUT2D eigenvalue weighted by Gasteiger charge is 2.25. The third-order valence-electron chi connectivity index (χ3n) is 5.79. The van der Waals surface area contributed by atoms with Crippen LogP contribution in [0.15, 0.2) is 72.2 Å². The van der Waals surface area contributed by atoms with Crippen LogP contribution in [0.5, 0.6) is 0 Å². The molecule has 0 radical (unpaired) electrons. The SMILES string of the molecule is CN(C)C(CNC(=O)C(Cc1c[nH]c2ccccc12)NC(=O)c1ccc(F)cc1)c1cccs1. The first-order valence-corrected chi connectivity index (χ1v) is 11.9. The number of hydrogen-bond acceptors (Lipinski definition) is 4. The molecule has 2 amide bonds. The summed E-state index contributed by atoms with van der Waals surface area (Å²) in [5.41, 5.74) is 2.19. The monoisotopic (exact) mass is 478 g/mol. The van der Waals surface area contributed by atoms with Crippen molar-refractivity contribution in [2.24, 2.45) is 0 Å². The Labute approximate surface area is 201 Å². The Kier molecular flexibility index (Phi) is 7.40. The number of likely N-dealkylation sites (N-methyl/N-ethyl adjacent to an activating group) is 1. The van der Waals surface area contributed by atoms with Gasteiger partial charge in [0.1, 0.15) is 11.9 Å². The van der Waals surface area contributed by atoms with Gasteiger partial charge in [0.2, 0.25) is 5.91 Å². The number of thiophene rings is 1. The molecule has 4 rings (SSSR count). The van der Waals surface area contributed by atoms with Crippen LogP contribution in [-0.4, -0.2) is 48.4 Å². The number of hydrogen-bond donors (Lipinski definition) is 3. The number of nitrogens with zero attached hydrogens (tertiary/aromatic N) is 1. The van der Waals surface area contributed by atoms with Crippen molar-refractivity contribution in [1.29, 1.82) is 0 Å². The highest BCUT2D eigenvalue weighted by molar-refractivity contribution is 7.10. The molecule has 0 aliphatic rings. The van der Waals surface area contributed by atoms with Crippen LogP contribution in [0.1, 0.15) is 26.8 Å². The van der Waals surface area contributed by atoms with Crippen LogP contribution >= 0.6 is 11.3 Å². The number of halogens is 1. The average Bonchev–Trinajstić information content (AvgIpc) is 3.49. The average molecular weight is 479 g/mol. The highest BCUT2D eigenvalue weighted by Crippen LogP contribution is 2.23. The maximum absolute atomic E-state index is 13.3. The second kappa shape index (κ2) is 10.6. The quantitative estimate of drug-likeness (QED) is 0.339. The van der Waals surface area contributed by atoms with Gasteiger partial charge in [0.25, 0.3) is 5.91 Å². The van der Waals surface area contributed by atoms with Crippen LogP contribution in [0.2, 0.25) is 0 Å². The summed E-state index contributed by atoms with van der Waals surface area (Å²) in [6.07, 6.45) is 2.18. The first kappa shape index (κ1) is 23.7. The standard InChI is InChI=1S/C26H27FN4O2S/c1-31(2)23(24-8-5-13-34-24)16-29-26(33)22(30-25(32)17-9-11-19(27)12-10-17)14-18-15-28-21-7-4-3-6-20(18)21/h3-13,15,22-23,28H,14,16H2,1-2H3,(H,29,33)(H,30,32). The topological polar surface area (TPSA) is 77.2 Å². The van der Waals surface area contributed by atoms with Gasteiger partial charge in [0, 0.05) is 40.5 Å². The molecule has 8 heteroatoms. The summed E-state index contributed by atoms with van der Waals surface area (Å²) < 4.78 is 13.3. The highest BCUT2D eigenvalue weighted by atomic mass is 32.1. The van der Waals surface area contributed by atoms with Gasteiger partial charge in [-0.2, -0.15) is 0 Å². The zero-order chi connectivity index (χ0) is 24.1. The molecule has 176 valence electrons. The van der Waals surface area contributed by atoms with Crippen LogP contribution in [0.3, 0.4) is 0 Å². The van der Waals surface area contributed by atoms with Crippen molar-refractivity contribution in [3.8, 4) is 0 Å². The third kappa shape index (κ3) is 5.52. The number of nitrogens with one attached hydrogen (secondary N) is 3. The van der Waals surface area contributed by atoms with E-state index in [4.69, 9.17) is 0 Å². The van der Waals surface area contributed by atoms with Crippen molar-refractivity contribution in [3.05, 3.63) is 94.1 Å². The molecular formula is C26H27FN4O2S. The second-order valence-electron chi connectivity index (χ2n) is 8.34. The first-order valence-electron chi connectivity index (χ1n) is 11.0. The summed E-state index contributed by atoms with van der Waals surface area (Å²) in [7, 11) is 3.94. The van der Waals surface area contributed by atoms with Crippen molar-refractivity contribution in [2.45, 2.75) is 18.5 Å². The number of carbonyl (C=O) groups is 2. The molecule has 3 N–H and O–H groups in total. The molecule has 34 heavy (non-hydrogen) atoms. The van der Waals surface area contributed by atoms with Crippen LogP contribution in [0.25, 0.3) is 10.9 Å². The number of para-hydroxylation sites is 1. The number of amides is 2. The van der Waals surface area contributed by atoms with Gasteiger partial charge in [-0.25, -0.2) is 4.39 Å². The van der Waals surface area contributed by atoms with E-state index in [1.54, 1.807) is 11.3 Å². The minimum Gasteiger partial charge on any atom is -0.361 e. The molecule has 0 saturated carbocycles. The fourth-order valence-electron chi connectivity index (χ4n) is 3.91. The molecule has 0 spiro atoms. The molecule has 0 aliphatic carbocycles. The molecular weight excluding hydrogens is 451 g/mol. The van der Waals surface area contributed by atoms with E-state index in [2.05, 4.69) is 20.5 Å². The maximum atomic E-state index is 13.3. The van der Waals surface area contributed by atoms with Crippen molar-refractivity contribution >= 4 is 34.1 Å². The molecule has 0 aliphatic heterocycles. The van der Waals surface area contributed by atoms with E-state index in [0.717, 1.165) is 21.3 Å². The normalized spacial score (nSPS) is 13.1. The molecule has 0 fully saturated rings. The fraction of sp³-hybridized carbons (Fsp3) is 0.231. The van der Waals surface area contributed by atoms with Crippen LogP contribution in [0, 0.1) is 5.82 Å². The maximum Gasteiger partial charge on any atom is 0.251 e. The van der Waals surface area contributed by atoms with E-state index in [-0.39, 0.29) is 11.9 Å². The van der Waals surface area contributed by atoms with Gasteiger partial charge < -0.3 is 20.5 Å². The molecule has 6 nitrogen and oxygen atoms in total. The lowest BCUT2D eigenvalue weighted by molar-refractivity contribution is -0.123. The fourth-order valence-corrected chi connectivity index (χ4v) is 4.83. The van der Waals surface area contributed by atoms with E-state index in [1.165, 1.54) is 24.3 Å². The third-order valence-corrected chi connectivity index (χ3v) is 6.77. The summed E-state index contributed by atoms with van der Waals surface area (Å²) in [5.74, 6) is -1.13. The largest absolute Gasteiger partial charge is 0.361 e. The smallest absolute Gasteiger partial charge is 0.251 e. The van der Waals surface area contributed by atoms with Crippen molar-refractivity contribution in [1.82, 2.24) is 20.5 Å². The van der Waals surface area contributed by atoms with Crippen LogP contribution in [0.4, 0.5) is 4.39 Å². The number of H-pyrrole nitrogens is 1. The van der Waals surface area contributed by atoms with Gasteiger partial charge in [-0.1, -0.05) is 24.3 Å². The Balaban J connectivity index is 1.53. The number of rotatable bonds is 9. The van der Waals surface area contributed by atoms with E-state index >= 15 is 0 Å². The van der Waals surface area contributed by atoms with Crippen molar-refractivity contribution in [2.75, 3.05) is 20.6 Å². The first-order chi connectivity index (χ1) is 16.4. The van der Waals surface area contributed by atoms with E-state index in [0.29, 0.717) is 18.5 Å². The molecule has 0 bridgehead atoms. The Morgan fingerprint density at radius 1 is 1.06 bits per heavy atom. The molecule has 4 aromatic rings. The summed E-state index contributed by atoms with van der Waals surface area (Å²) in [4.78, 5) is 32.6. The predicted octanol–water partition coefficient (Wildman–Crippen LogP) is 4.13. The van der Waals surface area contributed by atoms with Gasteiger partial charge in [-0.3, -0.25) is 9.59 Å². The Morgan fingerprint density at radius 2 is 1.82 bits per heavy atom. The summed E-state index contributed by atoms with van der Waals surface area (Å²) in [5, 5.41) is 8.88. The Morgan fingerprint density at radius 3 is 2.53 bits per heavy atom. The van der Waals surface area contributed by atoms with E-state index in [9.17, 15) is 14.0 Å². The Bertz CT molecular complexity index is 1250. The number of fused-ring (bicyclic) bond motifs is 1. The lowest BCUT2D eigenvalue weighted by atomic mass is 10.0. The van der Waals surface area contributed by atoms with E-state index < -0.39 is 17.8 Å². The molecule has 2 unspecified atom stereocenters. The van der Waals surface area contributed by atoms with Crippen LogP contribution in [-0.2, 0) is 11.2 Å². The summed E-state index contributed by atoms with van der Waals surface area (Å²) in [6, 6.07) is 16.3. The lowest BCUT2D eigenvalue weighted by Crippen LogP contribution is -2.49. The second-order valence-corrected chi connectivity index (χ2v) is 9.32. The van der Waals surface area contributed by atoms with Gasteiger partial charge >= 0.3 is 0 Å². The zero-order valence-electron chi connectivity index (χ0n) is 19.0. The summed E-state index contributed by atoms with van der Waals surface area (Å²) in [6.45, 7) is 0.406. The van der Waals surface area contributed by atoms with Gasteiger partial charge in [-0.05, 0) is 61.4 Å². The van der Waals surface area contributed by atoms with Gasteiger partial charge in [0.15, 0.2) is 0 Å².